The van der Waals surface area contributed by atoms with Gasteiger partial charge in [0.1, 0.15) is 5.82 Å². The molecule has 4 N–H and O–H groups in total. The molecule has 0 atom stereocenters. The normalized spacial score (nSPS) is 13.7. The molecule has 0 fully saturated rings. The summed E-state index contributed by atoms with van der Waals surface area (Å²) in [5.41, 5.74) is 6.51. The van der Waals surface area contributed by atoms with E-state index in [2.05, 4.69) is 16.4 Å². The summed E-state index contributed by atoms with van der Waals surface area (Å²) in [6.45, 7) is 5.94. The zero-order chi connectivity index (χ0) is 26.3. The maximum absolute atomic E-state index is 13.4. The first kappa shape index (κ1) is 27.0. The molecule has 3 rings (SSSR count). The van der Waals surface area contributed by atoms with Crippen molar-refractivity contribution >= 4 is 23.3 Å². The lowest BCUT2D eigenvalue weighted by atomic mass is 9.96. The Balaban J connectivity index is 1.90. The van der Waals surface area contributed by atoms with Crippen LogP contribution in [0.3, 0.4) is 0 Å². The van der Waals surface area contributed by atoms with Crippen molar-refractivity contribution in [3.8, 4) is 0 Å². The standard InChI is InChI=1S/C27H37N5O4/c1-27(2,3)25(35)29-16-14-21(33)31(17-15-19-10-6-4-7-11-19)22-23(28)32(26(36)30-24(22)34)18-20-12-8-5-9-13-20/h5,8-10,12-13H,4,6-7,11,14-18,28H2,1-3H3,(H,29,35)(H,30,34,36). The molecule has 0 radical (unpaired) electrons. The molecule has 0 spiro atoms. The van der Waals surface area contributed by atoms with Gasteiger partial charge in [0.2, 0.25) is 11.8 Å². The molecule has 9 nitrogen and oxygen atoms in total. The van der Waals surface area contributed by atoms with Crippen LogP contribution in [0, 0.1) is 5.41 Å². The van der Waals surface area contributed by atoms with Gasteiger partial charge >= 0.3 is 5.69 Å². The van der Waals surface area contributed by atoms with Gasteiger partial charge in [0.05, 0.1) is 6.54 Å². The second kappa shape index (κ2) is 11.9. The number of allylic oxidation sites excluding steroid dienone is 1. The molecule has 0 saturated carbocycles. The second-order valence-electron chi connectivity index (χ2n) is 10.2. The lowest BCUT2D eigenvalue weighted by Crippen LogP contribution is -2.43. The number of anilines is 2. The highest BCUT2D eigenvalue weighted by Gasteiger charge is 2.26. The molecule has 1 aromatic heterocycles. The Labute approximate surface area is 211 Å². The molecule has 194 valence electrons. The van der Waals surface area contributed by atoms with Gasteiger partial charge in [0.25, 0.3) is 5.56 Å². The molecule has 0 bridgehead atoms. The first-order chi connectivity index (χ1) is 17.1. The Kier molecular flexibility index (Phi) is 8.90. The van der Waals surface area contributed by atoms with E-state index in [-0.39, 0.29) is 49.4 Å². The summed E-state index contributed by atoms with van der Waals surface area (Å²) < 4.78 is 1.27. The van der Waals surface area contributed by atoms with Crippen molar-refractivity contribution in [1.29, 1.82) is 0 Å². The van der Waals surface area contributed by atoms with Crippen LogP contribution in [-0.4, -0.2) is 34.5 Å². The fraction of sp³-hybridized carbons (Fsp3) is 0.481. The number of benzene rings is 1. The quantitative estimate of drug-likeness (QED) is 0.461. The van der Waals surface area contributed by atoms with Crippen molar-refractivity contribution < 1.29 is 9.59 Å². The van der Waals surface area contributed by atoms with E-state index in [4.69, 9.17) is 5.73 Å². The highest BCUT2D eigenvalue weighted by atomic mass is 16.2. The van der Waals surface area contributed by atoms with Gasteiger partial charge in [-0.2, -0.15) is 0 Å². The van der Waals surface area contributed by atoms with Crippen LogP contribution in [-0.2, 0) is 16.1 Å². The third-order valence-corrected chi connectivity index (χ3v) is 6.32. The molecule has 1 aromatic carbocycles. The van der Waals surface area contributed by atoms with Gasteiger partial charge in [-0.15, -0.1) is 0 Å². The molecule has 2 aromatic rings. The zero-order valence-corrected chi connectivity index (χ0v) is 21.4. The number of amides is 2. The summed E-state index contributed by atoms with van der Waals surface area (Å²) in [7, 11) is 0. The predicted molar refractivity (Wildman–Crippen MR) is 142 cm³/mol. The summed E-state index contributed by atoms with van der Waals surface area (Å²) in [6.07, 6.45) is 7.02. The number of carbonyl (C=O) groups is 2. The SMILES string of the molecule is CC(C)(C)C(=O)NCCC(=O)N(CCC1=CCCCC1)c1c(N)n(Cc2ccccc2)c(=O)[nH]c1=O. The van der Waals surface area contributed by atoms with Gasteiger partial charge in [0, 0.05) is 24.9 Å². The van der Waals surface area contributed by atoms with Crippen molar-refractivity contribution in [3.05, 3.63) is 68.4 Å². The maximum atomic E-state index is 13.4. The van der Waals surface area contributed by atoms with E-state index in [1.807, 2.05) is 30.3 Å². The van der Waals surface area contributed by atoms with E-state index in [9.17, 15) is 19.2 Å². The summed E-state index contributed by atoms with van der Waals surface area (Å²) in [5, 5.41) is 2.78. The Bertz CT molecular complexity index is 1220. The number of carbonyl (C=O) groups excluding carboxylic acids is 2. The summed E-state index contributed by atoms with van der Waals surface area (Å²) in [5.74, 6) is -0.567. The minimum atomic E-state index is -0.702. The number of nitrogens with two attached hydrogens (primary N) is 1. The van der Waals surface area contributed by atoms with Gasteiger partial charge < -0.3 is 16.0 Å². The number of nitrogens with one attached hydrogen (secondary N) is 2. The van der Waals surface area contributed by atoms with E-state index >= 15 is 0 Å². The molecule has 0 unspecified atom stereocenters. The van der Waals surface area contributed by atoms with Crippen LogP contribution in [0.25, 0.3) is 0 Å². The van der Waals surface area contributed by atoms with Gasteiger partial charge in [-0.1, -0.05) is 62.8 Å². The van der Waals surface area contributed by atoms with Crippen LogP contribution in [0.15, 0.2) is 51.6 Å². The van der Waals surface area contributed by atoms with E-state index in [0.717, 1.165) is 31.2 Å². The minimum Gasteiger partial charge on any atom is -0.383 e. The van der Waals surface area contributed by atoms with Crippen molar-refractivity contribution in [2.75, 3.05) is 23.7 Å². The Hall–Kier alpha value is -3.62. The van der Waals surface area contributed by atoms with Gasteiger partial charge in [-0.05, 0) is 37.7 Å². The summed E-state index contributed by atoms with van der Waals surface area (Å²) in [4.78, 5) is 54.9. The molecule has 1 heterocycles. The fourth-order valence-electron chi connectivity index (χ4n) is 4.19. The van der Waals surface area contributed by atoms with Crippen LogP contribution in [0.5, 0.6) is 0 Å². The number of aromatic nitrogens is 2. The molecule has 1 aliphatic rings. The fourth-order valence-corrected chi connectivity index (χ4v) is 4.19. The van der Waals surface area contributed by atoms with E-state index in [1.165, 1.54) is 15.0 Å². The molecule has 9 heteroatoms. The van der Waals surface area contributed by atoms with E-state index < -0.39 is 16.7 Å². The molecule has 36 heavy (non-hydrogen) atoms. The van der Waals surface area contributed by atoms with Crippen LogP contribution in [0.1, 0.15) is 64.9 Å². The number of hydrogen-bond acceptors (Lipinski definition) is 5. The Morgan fingerprint density at radius 3 is 2.50 bits per heavy atom. The first-order valence-corrected chi connectivity index (χ1v) is 12.5. The number of aromatic amines is 1. The molecule has 0 saturated heterocycles. The van der Waals surface area contributed by atoms with Gasteiger partial charge in [-0.25, -0.2) is 4.79 Å². The molecule has 0 aliphatic heterocycles. The molecule has 2 amide bonds. The van der Waals surface area contributed by atoms with Crippen LogP contribution in [0.4, 0.5) is 11.5 Å². The summed E-state index contributed by atoms with van der Waals surface area (Å²) in [6, 6.07) is 9.28. The first-order valence-electron chi connectivity index (χ1n) is 12.5. The third kappa shape index (κ3) is 6.96. The second-order valence-corrected chi connectivity index (χ2v) is 10.2. The highest BCUT2D eigenvalue weighted by molar-refractivity contribution is 5.96. The van der Waals surface area contributed by atoms with Crippen molar-refractivity contribution in [2.24, 2.45) is 5.41 Å². The molecular formula is C27H37N5O4. The minimum absolute atomic E-state index is 0.00242. The van der Waals surface area contributed by atoms with Gasteiger partial charge in [-0.3, -0.25) is 23.9 Å². The smallest absolute Gasteiger partial charge is 0.330 e. The highest BCUT2D eigenvalue weighted by Crippen LogP contribution is 2.24. The van der Waals surface area contributed by atoms with Crippen LogP contribution >= 0.6 is 0 Å². The van der Waals surface area contributed by atoms with Gasteiger partial charge in [0.15, 0.2) is 5.69 Å². The topological polar surface area (TPSA) is 130 Å². The van der Waals surface area contributed by atoms with Crippen LogP contribution < -0.4 is 27.2 Å². The average Bonchev–Trinajstić information content (AvgIpc) is 2.84. The number of nitrogens with zero attached hydrogens (tertiary/aromatic N) is 2. The number of rotatable bonds is 9. The van der Waals surface area contributed by atoms with Crippen molar-refractivity contribution in [2.45, 2.75) is 65.8 Å². The summed E-state index contributed by atoms with van der Waals surface area (Å²) >= 11 is 0. The van der Waals surface area contributed by atoms with Crippen molar-refractivity contribution in [1.82, 2.24) is 14.9 Å². The number of hydrogen-bond donors (Lipinski definition) is 3. The Morgan fingerprint density at radius 1 is 1.14 bits per heavy atom. The largest absolute Gasteiger partial charge is 0.383 e. The average molecular weight is 496 g/mol. The van der Waals surface area contributed by atoms with Crippen LogP contribution in [0.2, 0.25) is 0 Å². The van der Waals surface area contributed by atoms with E-state index in [0.29, 0.717) is 6.42 Å². The lowest BCUT2D eigenvalue weighted by Gasteiger charge is -2.26. The Morgan fingerprint density at radius 2 is 1.86 bits per heavy atom. The lowest BCUT2D eigenvalue weighted by molar-refractivity contribution is -0.128. The third-order valence-electron chi connectivity index (χ3n) is 6.32. The molecular weight excluding hydrogens is 458 g/mol. The zero-order valence-electron chi connectivity index (χ0n) is 21.4. The number of nitrogen functional groups attached to an aromatic ring is 1. The van der Waals surface area contributed by atoms with E-state index in [1.54, 1.807) is 20.8 Å². The van der Waals surface area contributed by atoms with Crippen molar-refractivity contribution in [3.63, 3.8) is 0 Å². The monoisotopic (exact) mass is 495 g/mol. The number of H-pyrrole nitrogens is 1. The predicted octanol–water partition coefficient (Wildman–Crippen LogP) is 2.94. The maximum Gasteiger partial charge on any atom is 0.330 e. The molecule has 1 aliphatic carbocycles.